The van der Waals surface area contributed by atoms with Crippen molar-refractivity contribution in [2.45, 2.75) is 53.1 Å². The van der Waals surface area contributed by atoms with E-state index in [0.29, 0.717) is 6.10 Å². The summed E-state index contributed by atoms with van der Waals surface area (Å²) in [7, 11) is 0. The normalized spacial score (nSPS) is 25.1. The van der Waals surface area contributed by atoms with Crippen LogP contribution in [0.25, 0.3) is 0 Å². The van der Waals surface area contributed by atoms with Crippen molar-refractivity contribution in [2.24, 2.45) is 11.8 Å². The molecule has 2 atom stereocenters. The first-order chi connectivity index (χ1) is 8.08. The molecule has 0 saturated heterocycles. The summed E-state index contributed by atoms with van der Waals surface area (Å²) in [6, 6.07) is 0. The van der Waals surface area contributed by atoms with Crippen molar-refractivity contribution in [1.82, 2.24) is 5.32 Å². The minimum Gasteiger partial charge on any atom is -0.379 e. The fourth-order valence-electron chi connectivity index (χ4n) is 2.66. The second-order valence-electron chi connectivity index (χ2n) is 5.77. The predicted octanol–water partition coefficient (Wildman–Crippen LogP) is 3.38. The number of hydrogen-bond acceptors (Lipinski definition) is 2. The largest absolute Gasteiger partial charge is 0.379 e. The summed E-state index contributed by atoms with van der Waals surface area (Å²) in [5.41, 5.74) is 1.57. The van der Waals surface area contributed by atoms with Crippen molar-refractivity contribution in [3.8, 4) is 0 Å². The number of ether oxygens (including phenoxy) is 1. The van der Waals surface area contributed by atoms with Gasteiger partial charge >= 0.3 is 0 Å². The van der Waals surface area contributed by atoms with Crippen LogP contribution in [0.4, 0.5) is 0 Å². The summed E-state index contributed by atoms with van der Waals surface area (Å²) < 4.78 is 5.52. The molecule has 0 saturated carbocycles. The summed E-state index contributed by atoms with van der Waals surface area (Å²) in [5, 5.41) is 3.56. The molecule has 2 unspecified atom stereocenters. The Morgan fingerprint density at radius 3 is 2.88 bits per heavy atom. The Bertz CT molecular complexity index is 235. The SMILES string of the molecule is CC1=CC(C)CC(CNCCCOC(C)C)C1. The fourth-order valence-corrected chi connectivity index (χ4v) is 2.66. The Balaban J connectivity index is 2.02. The lowest BCUT2D eigenvalue weighted by atomic mass is 9.84. The van der Waals surface area contributed by atoms with Crippen LogP contribution >= 0.6 is 0 Å². The molecule has 1 aliphatic rings. The van der Waals surface area contributed by atoms with E-state index in [1.807, 2.05) is 0 Å². The molecule has 17 heavy (non-hydrogen) atoms. The molecular weight excluding hydrogens is 210 g/mol. The Kier molecular flexibility index (Phi) is 6.83. The Morgan fingerprint density at radius 1 is 1.47 bits per heavy atom. The highest BCUT2D eigenvalue weighted by molar-refractivity contribution is 5.06. The zero-order valence-electron chi connectivity index (χ0n) is 12.0. The summed E-state index contributed by atoms with van der Waals surface area (Å²) in [6.45, 7) is 11.9. The van der Waals surface area contributed by atoms with Crippen LogP contribution in [-0.4, -0.2) is 25.8 Å². The minimum atomic E-state index is 0.363. The van der Waals surface area contributed by atoms with Gasteiger partial charge in [0.2, 0.25) is 0 Å². The molecule has 0 fully saturated rings. The first kappa shape index (κ1) is 14.7. The molecule has 0 aromatic rings. The van der Waals surface area contributed by atoms with Crippen LogP contribution in [-0.2, 0) is 4.74 Å². The van der Waals surface area contributed by atoms with E-state index in [1.54, 1.807) is 5.57 Å². The molecule has 0 radical (unpaired) electrons. The molecule has 1 N–H and O–H groups in total. The van der Waals surface area contributed by atoms with Gasteiger partial charge in [-0.25, -0.2) is 0 Å². The van der Waals surface area contributed by atoms with Crippen LogP contribution in [0.3, 0.4) is 0 Å². The third-order valence-corrected chi connectivity index (χ3v) is 3.27. The maximum atomic E-state index is 5.52. The maximum Gasteiger partial charge on any atom is 0.0518 e. The van der Waals surface area contributed by atoms with Gasteiger partial charge in [0.25, 0.3) is 0 Å². The summed E-state index contributed by atoms with van der Waals surface area (Å²) in [4.78, 5) is 0. The van der Waals surface area contributed by atoms with Gasteiger partial charge in [0.1, 0.15) is 0 Å². The fraction of sp³-hybridized carbons (Fsp3) is 0.867. The van der Waals surface area contributed by atoms with Crippen LogP contribution in [0.2, 0.25) is 0 Å². The highest BCUT2D eigenvalue weighted by Crippen LogP contribution is 2.27. The summed E-state index contributed by atoms with van der Waals surface area (Å²) in [6.07, 6.45) is 6.52. The van der Waals surface area contributed by atoms with Crippen LogP contribution < -0.4 is 5.32 Å². The molecule has 0 aliphatic heterocycles. The third kappa shape index (κ3) is 6.85. The predicted molar refractivity (Wildman–Crippen MR) is 74.2 cm³/mol. The van der Waals surface area contributed by atoms with Gasteiger partial charge in [-0.3, -0.25) is 0 Å². The van der Waals surface area contributed by atoms with E-state index in [1.165, 1.54) is 12.8 Å². The van der Waals surface area contributed by atoms with Crippen molar-refractivity contribution < 1.29 is 4.74 Å². The molecule has 0 amide bonds. The third-order valence-electron chi connectivity index (χ3n) is 3.27. The van der Waals surface area contributed by atoms with Gasteiger partial charge in [-0.1, -0.05) is 18.6 Å². The van der Waals surface area contributed by atoms with Crippen molar-refractivity contribution in [2.75, 3.05) is 19.7 Å². The molecule has 0 heterocycles. The van der Waals surface area contributed by atoms with E-state index in [9.17, 15) is 0 Å². The lowest BCUT2D eigenvalue weighted by Gasteiger charge is -2.25. The van der Waals surface area contributed by atoms with Crippen LogP contribution in [0.1, 0.15) is 47.0 Å². The molecule has 0 spiro atoms. The number of hydrogen-bond donors (Lipinski definition) is 1. The lowest BCUT2D eigenvalue weighted by Crippen LogP contribution is -2.27. The van der Waals surface area contributed by atoms with Gasteiger partial charge < -0.3 is 10.1 Å². The van der Waals surface area contributed by atoms with E-state index in [0.717, 1.165) is 38.0 Å². The average molecular weight is 239 g/mol. The van der Waals surface area contributed by atoms with Gasteiger partial charge in [0.15, 0.2) is 0 Å². The van der Waals surface area contributed by atoms with E-state index < -0.39 is 0 Å². The van der Waals surface area contributed by atoms with Gasteiger partial charge in [-0.15, -0.1) is 0 Å². The second-order valence-corrected chi connectivity index (χ2v) is 5.77. The van der Waals surface area contributed by atoms with E-state index in [-0.39, 0.29) is 0 Å². The second kappa shape index (κ2) is 7.88. The van der Waals surface area contributed by atoms with Crippen LogP contribution in [0.15, 0.2) is 11.6 Å². The van der Waals surface area contributed by atoms with Gasteiger partial charge in [-0.2, -0.15) is 0 Å². The standard InChI is InChI=1S/C15H29NO/c1-12(2)17-7-5-6-16-11-15-9-13(3)8-14(4)10-15/h8,12-13,15-16H,5-7,9-11H2,1-4H3. The molecule has 0 aromatic heterocycles. The van der Waals surface area contributed by atoms with Crippen molar-refractivity contribution in [1.29, 1.82) is 0 Å². The van der Waals surface area contributed by atoms with Crippen molar-refractivity contribution in [3.63, 3.8) is 0 Å². The molecular formula is C15H29NO. The molecule has 0 bridgehead atoms. The summed E-state index contributed by atoms with van der Waals surface area (Å²) >= 11 is 0. The molecule has 2 heteroatoms. The number of rotatable bonds is 7. The van der Waals surface area contributed by atoms with Crippen LogP contribution in [0, 0.1) is 11.8 Å². The first-order valence-corrected chi connectivity index (χ1v) is 7.07. The average Bonchev–Trinajstić information content (AvgIpc) is 2.21. The topological polar surface area (TPSA) is 21.3 Å². The quantitative estimate of drug-likeness (QED) is 0.543. The molecule has 2 nitrogen and oxygen atoms in total. The highest BCUT2D eigenvalue weighted by Gasteiger charge is 2.17. The molecule has 1 rings (SSSR count). The van der Waals surface area contributed by atoms with Crippen LogP contribution in [0.5, 0.6) is 0 Å². The zero-order chi connectivity index (χ0) is 12.7. The van der Waals surface area contributed by atoms with E-state index in [4.69, 9.17) is 4.74 Å². The number of nitrogens with one attached hydrogen (secondary N) is 1. The molecule has 100 valence electrons. The van der Waals surface area contributed by atoms with E-state index >= 15 is 0 Å². The van der Waals surface area contributed by atoms with Gasteiger partial charge in [-0.05, 0) is 65.0 Å². The highest BCUT2D eigenvalue weighted by atomic mass is 16.5. The van der Waals surface area contributed by atoms with Gasteiger partial charge in [0, 0.05) is 6.61 Å². The van der Waals surface area contributed by atoms with Crippen molar-refractivity contribution >= 4 is 0 Å². The Hall–Kier alpha value is -0.340. The molecule has 1 aliphatic carbocycles. The first-order valence-electron chi connectivity index (χ1n) is 7.07. The zero-order valence-corrected chi connectivity index (χ0v) is 12.0. The van der Waals surface area contributed by atoms with E-state index in [2.05, 4.69) is 39.1 Å². The van der Waals surface area contributed by atoms with Crippen molar-refractivity contribution in [3.05, 3.63) is 11.6 Å². The minimum absolute atomic E-state index is 0.363. The molecule has 0 aromatic carbocycles. The van der Waals surface area contributed by atoms with Gasteiger partial charge in [0.05, 0.1) is 6.10 Å². The lowest BCUT2D eigenvalue weighted by molar-refractivity contribution is 0.0769. The smallest absolute Gasteiger partial charge is 0.0518 e. The number of allylic oxidation sites excluding steroid dienone is 2. The maximum absolute atomic E-state index is 5.52. The Labute approximate surface area is 107 Å². The Morgan fingerprint density at radius 2 is 2.24 bits per heavy atom. The summed E-state index contributed by atoms with van der Waals surface area (Å²) in [5.74, 6) is 1.60. The monoisotopic (exact) mass is 239 g/mol.